The summed E-state index contributed by atoms with van der Waals surface area (Å²) in [6.07, 6.45) is 7.01. The number of carbonyl (C=O) groups is 2. The number of benzene rings is 3. The van der Waals surface area contributed by atoms with Gasteiger partial charge < -0.3 is 5.11 Å². The van der Waals surface area contributed by atoms with Crippen LogP contribution in [0.2, 0.25) is 0 Å². The molecule has 0 bridgehead atoms. The van der Waals surface area contributed by atoms with Crippen molar-refractivity contribution in [2.45, 2.75) is 18.2 Å². The van der Waals surface area contributed by atoms with Gasteiger partial charge in [-0.25, -0.2) is 12.4 Å². The van der Waals surface area contributed by atoms with E-state index in [1.54, 1.807) is 72.8 Å². The van der Waals surface area contributed by atoms with E-state index in [4.69, 9.17) is 0 Å². The molecular weight excluding hydrogens is 462 g/mol. The highest BCUT2D eigenvalue weighted by Gasteiger charge is 2.18. The normalized spacial score (nSPS) is 12.0. The van der Waals surface area contributed by atoms with Crippen molar-refractivity contribution in [3.63, 3.8) is 0 Å². The van der Waals surface area contributed by atoms with Gasteiger partial charge in [-0.05, 0) is 66.6 Å². The second-order valence-electron chi connectivity index (χ2n) is 8.12. The van der Waals surface area contributed by atoms with E-state index in [-0.39, 0.29) is 28.6 Å². The van der Waals surface area contributed by atoms with Crippen molar-refractivity contribution < 1.29 is 23.1 Å². The fraction of sp³-hybridized carbons (Fsp3) is 0.0714. The van der Waals surface area contributed by atoms with Crippen LogP contribution in [0.4, 0.5) is 0 Å². The number of aryl methyl sites for hydroxylation is 1. The highest BCUT2D eigenvalue weighted by molar-refractivity contribution is 7.90. The number of rotatable bonds is 8. The summed E-state index contributed by atoms with van der Waals surface area (Å²) in [5.41, 5.74) is 2.83. The van der Waals surface area contributed by atoms with E-state index >= 15 is 0 Å². The lowest BCUT2D eigenvalue weighted by atomic mass is 10.1. The van der Waals surface area contributed by atoms with Gasteiger partial charge in [0.15, 0.2) is 11.6 Å². The predicted octanol–water partition coefficient (Wildman–Crippen LogP) is 5.15. The lowest BCUT2D eigenvalue weighted by Gasteiger charge is -2.08. The molecule has 4 rings (SSSR count). The zero-order valence-corrected chi connectivity index (χ0v) is 19.8. The van der Waals surface area contributed by atoms with Gasteiger partial charge in [0.1, 0.15) is 5.75 Å². The Morgan fingerprint density at radius 2 is 1.43 bits per heavy atom. The van der Waals surface area contributed by atoms with Gasteiger partial charge in [0, 0.05) is 11.6 Å². The molecule has 0 aliphatic rings. The van der Waals surface area contributed by atoms with Gasteiger partial charge in [-0.2, -0.15) is 0 Å². The molecule has 0 radical (unpaired) electrons. The summed E-state index contributed by atoms with van der Waals surface area (Å²) >= 11 is 0. The molecule has 7 heteroatoms. The molecule has 1 N–H and O–H groups in total. The van der Waals surface area contributed by atoms with E-state index in [1.165, 1.54) is 34.5 Å². The van der Waals surface area contributed by atoms with Crippen molar-refractivity contribution in [1.29, 1.82) is 0 Å². The predicted molar refractivity (Wildman–Crippen MR) is 137 cm³/mol. The zero-order chi connectivity index (χ0) is 25.0. The van der Waals surface area contributed by atoms with E-state index in [2.05, 4.69) is 0 Å². The van der Waals surface area contributed by atoms with Gasteiger partial charge >= 0.3 is 0 Å². The summed E-state index contributed by atoms with van der Waals surface area (Å²) < 4.78 is 27.5. The Hall–Kier alpha value is -4.23. The van der Waals surface area contributed by atoms with Crippen LogP contribution < -0.4 is 0 Å². The average molecular weight is 486 g/mol. The molecule has 0 spiro atoms. The molecule has 35 heavy (non-hydrogen) atoms. The van der Waals surface area contributed by atoms with E-state index in [0.717, 1.165) is 16.5 Å². The molecule has 3 aromatic carbocycles. The second-order valence-corrected chi connectivity index (χ2v) is 9.93. The van der Waals surface area contributed by atoms with E-state index < -0.39 is 10.0 Å². The zero-order valence-electron chi connectivity index (χ0n) is 19.0. The number of nitrogens with zero attached hydrogens (tertiary/aromatic N) is 1. The molecule has 0 saturated heterocycles. The molecule has 0 fully saturated rings. The third-order valence-electron chi connectivity index (χ3n) is 5.42. The van der Waals surface area contributed by atoms with Crippen LogP contribution in [-0.4, -0.2) is 29.1 Å². The summed E-state index contributed by atoms with van der Waals surface area (Å²) in [7, 11) is -3.78. The first-order chi connectivity index (χ1) is 16.7. The monoisotopic (exact) mass is 485 g/mol. The number of hydrogen-bond acceptors (Lipinski definition) is 5. The second kappa shape index (κ2) is 9.95. The topological polar surface area (TPSA) is 93.4 Å². The van der Waals surface area contributed by atoms with Crippen LogP contribution in [0.3, 0.4) is 0 Å². The van der Waals surface area contributed by atoms with E-state index in [1.807, 2.05) is 6.92 Å². The third-order valence-corrected chi connectivity index (χ3v) is 7.13. The number of aromatic nitrogens is 1. The molecule has 6 nitrogen and oxygen atoms in total. The standard InChI is InChI=1S/C28H23NO5S/c1-20-2-14-27(15-3-20)35(33,34)29-17-16-23-9-4-22(18-28(23)29)8-13-26(32)19-25(31)12-7-21-5-10-24(30)11-6-21/h2-18,30H,19H2,1H3/b12-7+,13-8+. The lowest BCUT2D eigenvalue weighted by molar-refractivity contribution is -0.121. The fourth-order valence-electron chi connectivity index (χ4n) is 3.51. The summed E-state index contributed by atoms with van der Waals surface area (Å²) in [5, 5.41) is 10.0. The molecule has 0 unspecified atom stereocenters. The molecular formula is C28H23NO5S. The smallest absolute Gasteiger partial charge is 0.268 e. The maximum atomic E-state index is 13.1. The van der Waals surface area contributed by atoms with Gasteiger partial charge in [-0.3, -0.25) is 9.59 Å². The Morgan fingerprint density at radius 3 is 2.09 bits per heavy atom. The van der Waals surface area contributed by atoms with Crippen LogP contribution in [0.1, 0.15) is 23.1 Å². The number of hydrogen-bond donors (Lipinski definition) is 1. The summed E-state index contributed by atoms with van der Waals surface area (Å²) in [6, 6.07) is 20.0. The van der Waals surface area contributed by atoms with Gasteiger partial charge in [0.05, 0.1) is 16.8 Å². The van der Waals surface area contributed by atoms with Gasteiger partial charge in [-0.1, -0.05) is 54.1 Å². The Bertz CT molecular complexity index is 1560. The fourth-order valence-corrected chi connectivity index (χ4v) is 4.86. The minimum atomic E-state index is -3.78. The first-order valence-corrected chi connectivity index (χ1v) is 12.3. The van der Waals surface area contributed by atoms with Crippen molar-refractivity contribution in [2.24, 2.45) is 0 Å². The van der Waals surface area contributed by atoms with E-state index in [0.29, 0.717) is 11.1 Å². The van der Waals surface area contributed by atoms with E-state index in [9.17, 15) is 23.1 Å². The maximum absolute atomic E-state index is 13.1. The minimum absolute atomic E-state index is 0.131. The highest BCUT2D eigenvalue weighted by Crippen LogP contribution is 2.24. The van der Waals surface area contributed by atoms with Gasteiger partial charge in [-0.15, -0.1) is 0 Å². The molecule has 1 aromatic heterocycles. The summed E-state index contributed by atoms with van der Waals surface area (Å²) in [4.78, 5) is 24.5. The van der Waals surface area contributed by atoms with Crippen molar-refractivity contribution >= 4 is 44.6 Å². The largest absolute Gasteiger partial charge is 0.508 e. The van der Waals surface area contributed by atoms with Crippen LogP contribution in [0.5, 0.6) is 5.75 Å². The van der Waals surface area contributed by atoms with Crippen LogP contribution in [0.25, 0.3) is 23.1 Å². The number of phenols is 1. The van der Waals surface area contributed by atoms with Crippen molar-refractivity contribution in [1.82, 2.24) is 3.97 Å². The molecule has 0 aliphatic carbocycles. The molecule has 176 valence electrons. The van der Waals surface area contributed by atoms with Crippen molar-refractivity contribution in [3.05, 3.63) is 108 Å². The summed E-state index contributed by atoms with van der Waals surface area (Å²) in [6.45, 7) is 1.89. The Kier molecular flexibility index (Phi) is 6.80. The summed E-state index contributed by atoms with van der Waals surface area (Å²) in [5.74, 6) is -0.582. The van der Waals surface area contributed by atoms with Gasteiger partial charge in [0.2, 0.25) is 0 Å². The van der Waals surface area contributed by atoms with Crippen LogP contribution in [-0.2, 0) is 19.6 Å². The Labute approximate surface area is 203 Å². The lowest BCUT2D eigenvalue weighted by Crippen LogP contribution is -2.11. The maximum Gasteiger partial charge on any atom is 0.268 e. The molecule has 1 heterocycles. The Morgan fingerprint density at radius 1 is 0.829 bits per heavy atom. The molecule has 0 atom stereocenters. The van der Waals surface area contributed by atoms with Crippen LogP contribution in [0, 0.1) is 6.92 Å². The van der Waals surface area contributed by atoms with Crippen LogP contribution in [0.15, 0.2) is 96.0 Å². The molecule has 4 aromatic rings. The number of carbonyl (C=O) groups excluding carboxylic acids is 2. The number of fused-ring (bicyclic) bond motifs is 1. The number of aromatic hydroxyl groups is 1. The number of allylic oxidation sites excluding steroid dienone is 2. The molecule has 0 amide bonds. The molecule has 0 saturated carbocycles. The van der Waals surface area contributed by atoms with Gasteiger partial charge in [0.25, 0.3) is 10.0 Å². The van der Waals surface area contributed by atoms with Crippen LogP contribution >= 0.6 is 0 Å². The first-order valence-electron chi connectivity index (χ1n) is 10.9. The minimum Gasteiger partial charge on any atom is -0.508 e. The quantitative estimate of drug-likeness (QED) is 0.275. The number of ketones is 2. The Balaban J connectivity index is 1.49. The molecule has 0 aliphatic heterocycles. The first kappa shape index (κ1) is 23.9. The highest BCUT2D eigenvalue weighted by atomic mass is 32.2. The van der Waals surface area contributed by atoms with Crippen molar-refractivity contribution in [3.8, 4) is 5.75 Å². The average Bonchev–Trinajstić information content (AvgIpc) is 3.27. The third kappa shape index (κ3) is 5.65. The number of phenolic OH excluding ortho intramolecular Hbond substituents is 1. The SMILES string of the molecule is Cc1ccc(S(=O)(=O)n2ccc3ccc(/C=C/C(=O)CC(=O)/C=C/c4ccc(O)cc4)cc32)cc1. The van der Waals surface area contributed by atoms with Crippen molar-refractivity contribution in [2.75, 3.05) is 0 Å².